The molecule has 0 spiro atoms. The van der Waals surface area contributed by atoms with E-state index in [9.17, 15) is 4.79 Å². The van der Waals surface area contributed by atoms with Crippen molar-refractivity contribution in [3.05, 3.63) is 29.8 Å². The van der Waals surface area contributed by atoms with Crippen molar-refractivity contribution in [2.75, 3.05) is 25.0 Å². The van der Waals surface area contributed by atoms with Crippen LogP contribution in [0.3, 0.4) is 0 Å². The molecule has 2 amide bonds. The van der Waals surface area contributed by atoms with Crippen LogP contribution in [0.2, 0.25) is 0 Å². The highest BCUT2D eigenvalue weighted by molar-refractivity contribution is 5.89. The zero-order valence-electron chi connectivity index (χ0n) is 10.9. The van der Waals surface area contributed by atoms with Crippen molar-refractivity contribution in [3.8, 4) is 6.07 Å². The van der Waals surface area contributed by atoms with E-state index in [1.165, 1.54) is 0 Å². The number of nitrogens with one attached hydrogen (secondary N) is 1. The Bertz CT molecular complexity index is 478. The second-order valence-electron chi connectivity index (χ2n) is 4.60. The number of anilines is 1. The second kappa shape index (κ2) is 6.21. The van der Waals surface area contributed by atoms with E-state index < -0.39 is 0 Å². The summed E-state index contributed by atoms with van der Waals surface area (Å²) in [6.07, 6.45) is 0.916. The van der Waals surface area contributed by atoms with Crippen LogP contribution < -0.4 is 5.32 Å². The van der Waals surface area contributed by atoms with Crippen LogP contribution in [0.15, 0.2) is 24.3 Å². The third kappa shape index (κ3) is 3.70. The first-order valence-electron chi connectivity index (χ1n) is 6.37. The van der Waals surface area contributed by atoms with Gasteiger partial charge in [0.25, 0.3) is 0 Å². The van der Waals surface area contributed by atoms with Crippen LogP contribution in [0.4, 0.5) is 10.5 Å². The van der Waals surface area contributed by atoms with Gasteiger partial charge in [-0.25, -0.2) is 4.79 Å². The summed E-state index contributed by atoms with van der Waals surface area (Å²) in [5, 5.41) is 11.5. The van der Waals surface area contributed by atoms with Crippen molar-refractivity contribution in [1.29, 1.82) is 5.26 Å². The first kappa shape index (κ1) is 13.4. The number of hydrogen-bond acceptors (Lipinski definition) is 3. The number of amides is 2. The fourth-order valence-electron chi connectivity index (χ4n) is 2.01. The van der Waals surface area contributed by atoms with Crippen molar-refractivity contribution in [2.45, 2.75) is 19.4 Å². The van der Waals surface area contributed by atoms with Crippen LogP contribution in [0.1, 0.15) is 18.9 Å². The van der Waals surface area contributed by atoms with E-state index in [0.717, 1.165) is 6.42 Å². The molecule has 1 aliphatic heterocycles. The number of hydrogen-bond donors (Lipinski definition) is 1. The van der Waals surface area contributed by atoms with E-state index in [1.54, 1.807) is 29.2 Å². The van der Waals surface area contributed by atoms with Gasteiger partial charge >= 0.3 is 6.03 Å². The third-order valence-corrected chi connectivity index (χ3v) is 3.00. The molecule has 0 aromatic heterocycles. The fraction of sp³-hybridized carbons (Fsp3) is 0.429. The number of carbonyl (C=O) groups excluding carboxylic acids is 1. The maximum atomic E-state index is 12.1. The molecule has 1 aliphatic rings. The lowest BCUT2D eigenvalue weighted by Gasteiger charge is -2.22. The minimum atomic E-state index is -0.123. The number of carbonyl (C=O) groups is 1. The second-order valence-corrected chi connectivity index (χ2v) is 4.60. The zero-order valence-corrected chi connectivity index (χ0v) is 10.9. The first-order chi connectivity index (χ1) is 9.19. The molecule has 5 heteroatoms. The molecule has 1 saturated heterocycles. The molecule has 1 heterocycles. The van der Waals surface area contributed by atoms with Crippen molar-refractivity contribution in [1.82, 2.24) is 4.90 Å². The summed E-state index contributed by atoms with van der Waals surface area (Å²) in [5.74, 6) is 0. The summed E-state index contributed by atoms with van der Waals surface area (Å²) in [6.45, 7) is 3.96. The van der Waals surface area contributed by atoms with Crippen molar-refractivity contribution >= 4 is 11.7 Å². The Labute approximate surface area is 112 Å². The Kier molecular flexibility index (Phi) is 4.37. The van der Waals surface area contributed by atoms with Gasteiger partial charge in [-0.15, -0.1) is 0 Å². The van der Waals surface area contributed by atoms with Crippen LogP contribution in [-0.4, -0.2) is 36.7 Å². The average molecular weight is 259 g/mol. The number of nitrogens with zero attached hydrogens (tertiary/aromatic N) is 2. The highest BCUT2D eigenvalue weighted by Crippen LogP contribution is 2.12. The minimum Gasteiger partial charge on any atom is -0.377 e. The van der Waals surface area contributed by atoms with E-state index >= 15 is 0 Å². The summed E-state index contributed by atoms with van der Waals surface area (Å²) < 4.78 is 5.51. The van der Waals surface area contributed by atoms with Gasteiger partial charge in [-0.2, -0.15) is 5.26 Å². The summed E-state index contributed by atoms with van der Waals surface area (Å²) in [5.41, 5.74) is 1.27. The number of ether oxygens (including phenoxy) is 1. The molecular weight excluding hydrogens is 242 g/mol. The zero-order chi connectivity index (χ0) is 13.7. The normalized spacial score (nSPS) is 19.4. The molecule has 5 nitrogen and oxygen atoms in total. The minimum absolute atomic E-state index is 0.0641. The van der Waals surface area contributed by atoms with Gasteiger partial charge in [0, 0.05) is 25.4 Å². The van der Waals surface area contributed by atoms with Crippen LogP contribution in [0.5, 0.6) is 0 Å². The van der Waals surface area contributed by atoms with Gasteiger partial charge in [0.15, 0.2) is 0 Å². The topological polar surface area (TPSA) is 65.4 Å². The number of benzene rings is 1. The third-order valence-electron chi connectivity index (χ3n) is 3.00. The lowest BCUT2D eigenvalue weighted by Crippen LogP contribution is -2.38. The maximum absolute atomic E-state index is 12.1. The first-order valence-corrected chi connectivity index (χ1v) is 6.37. The van der Waals surface area contributed by atoms with E-state index in [0.29, 0.717) is 30.9 Å². The highest BCUT2D eigenvalue weighted by atomic mass is 16.5. The smallest absolute Gasteiger partial charge is 0.321 e. The maximum Gasteiger partial charge on any atom is 0.321 e. The molecule has 0 saturated carbocycles. The number of urea groups is 1. The van der Waals surface area contributed by atoms with E-state index in [2.05, 4.69) is 5.32 Å². The van der Waals surface area contributed by atoms with Gasteiger partial charge < -0.3 is 15.0 Å². The lowest BCUT2D eigenvalue weighted by atomic mass is 10.2. The predicted octanol–water partition coefficient (Wildman–Crippen LogP) is 2.20. The Morgan fingerprint density at radius 2 is 2.21 bits per heavy atom. The fourth-order valence-corrected chi connectivity index (χ4v) is 2.01. The molecule has 0 radical (unpaired) electrons. The van der Waals surface area contributed by atoms with Gasteiger partial charge in [0.1, 0.15) is 0 Å². The Morgan fingerprint density at radius 3 is 2.89 bits per heavy atom. The molecular formula is C14H17N3O2. The predicted molar refractivity (Wildman–Crippen MR) is 71.8 cm³/mol. The van der Waals surface area contributed by atoms with Gasteiger partial charge in [-0.1, -0.05) is 0 Å². The SMILES string of the molecule is C[C@H]1CN(C(=O)Nc2ccc(C#N)cc2)CCCO1. The van der Waals surface area contributed by atoms with Gasteiger partial charge in [-0.3, -0.25) is 0 Å². The molecule has 0 unspecified atom stereocenters. The van der Waals surface area contributed by atoms with Crippen molar-refractivity contribution in [3.63, 3.8) is 0 Å². The van der Waals surface area contributed by atoms with Crippen LogP contribution in [0, 0.1) is 11.3 Å². The summed E-state index contributed by atoms with van der Waals surface area (Å²) in [4.78, 5) is 13.9. The van der Waals surface area contributed by atoms with E-state index in [1.807, 2.05) is 13.0 Å². The molecule has 2 rings (SSSR count). The number of nitriles is 1. The molecule has 1 N–H and O–H groups in total. The standard InChI is InChI=1S/C14H17N3O2/c1-11-10-17(7-2-8-19-11)14(18)16-13-5-3-12(9-15)4-6-13/h3-6,11H,2,7-8,10H2,1H3,(H,16,18)/t11-/m0/s1. The van der Waals surface area contributed by atoms with Crippen LogP contribution >= 0.6 is 0 Å². The summed E-state index contributed by atoms with van der Waals surface area (Å²) in [7, 11) is 0. The summed E-state index contributed by atoms with van der Waals surface area (Å²) in [6, 6.07) is 8.75. The largest absolute Gasteiger partial charge is 0.377 e. The van der Waals surface area contributed by atoms with Crippen molar-refractivity contribution < 1.29 is 9.53 Å². The Morgan fingerprint density at radius 1 is 1.47 bits per heavy atom. The Hall–Kier alpha value is -2.06. The molecule has 1 atom stereocenters. The van der Waals surface area contributed by atoms with E-state index in [4.69, 9.17) is 10.00 Å². The lowest BCUT2D eigenvalue weighted by molar-refractivity contribution is 0.0718. The molecule has 1 fully saturated rings. The van der Waals surface area contributed by atoms with Crippen LogP contribution in [0.25, 0.3) is 0 Å². The molecule has 0 bridgehead atoms. The molecule has 1 aromatic carbocycles. The molecule has 0 aliphatic carbocycles. The average Bonchev–Trinajstić information content (AvgIpc) is 2.64. The highest BCUT2D eigenvalue weighted by Gasteiger charge is 2.19. The van der Waals surface area contributed by atoms with Crippen molar-refractivity contribution in [2.24, 2.45) is 0 Å². The molecule has 19 heavy (non-hydrogen) atoms. The van der Waals surface area contributed by atoms with Crippen LogP contribution in [-0.2, 0) is 4.74 Å². The Balaban J connectivity index is 1.97. The van der Waals surface area contributed by atoms with Gasteiger partial charge in [0.2, 0.25) is 0 Å². The summed E-state index contributed by atoms with van der Waals surface area (Å²) >= 11 is 0. The quantitative estimate of drug-likeness (QED) is 0.840. The number of rotatable bonds is 1. The monoisotopic (exact) mass is 259 g/mol. The van der Waals surface area contributed by atoms with Gasteiger partial charge in [-0.05, 0) is 37.6 Å². The molecule has 1 aromatic rings. The van der Waals surface area contributed by atoms with E-state index in [-0.39, 0.29) is 12.1 Å². The van der Waals surface area contributed by atoms with Gasteiger partial charge in [0.05, 0.1) is 17.7 Å². The molecule has 100 valence electrons.